The van der Waals surface area contributed by atoms with Gasteiger partial charge in [0.25, 0.3) is 0 Å². The van der Waals surface area contributed by atoms with Gasteiger partial charge in [-0.15, -0.1) is 0 Å². The van der Waals surface area contributed by atoms with E-state index in [0.29, 0.717) is 6.04 Å². The topological polar surface area (TPSA) is 17.8 Å². The molecule has 1 heterocycles. The van der Waals surface area contributed by atoms with Crippen molar-refractivity contribution in [3.05, 3.63) is 27.6 Å². The van der Waals surface area contributed by atoms with Gasteiger partial charge in [0.2, 0.25) is 0 Å². The van der Waals surface area contributed by atoms with Crippen molar-refractivity contribution in [2.24, 2.45) is 0 Å². The molecule has 1 aromatic heterocycles. The lowest BCUT2D eigenvalue weighted by atomic mass is 10.2. The number of halogens is 1. The van der Waals surface area contributed by atoms with Crippen LogP contribution in [0.1, 0.15) is 24.6 Å². The summed E-state index contributed by atoms with van der Waals surface area (Å²) >= 11 is 2.33. The standard InChI is InChI=1S/C9H11IN2/c1-7-9(10)6-12(11-7)8-4-2-3-5-8/h2-3,6,8H,4-5H2,1H3. The van der Waals surface area contributed by atoms with Crippen LogP contribution >= 0.6 is 22.6 Å². The van der Waals surface area contributed by atoms with Crippen molar-refractivity contribution < 1.29 is 0 Å². The zero-order valence-corrected chi connectivity index (χ0v) is 9.15. The van der Waals surface area contributed by atoms with E-state index in [2.05, 4.69) is 57.6 Å². The molecule has 0 spiro atoms. The van der Waals surface area contributed by atoms with Crippen molar-refractivity contribution >= 4 is 22.6 Å². The average molecular weight is 274 g/mol. The number of allylic oxidation sites excluding steroid dienone is 2. The van der Waals surface area contributed by atoms with Crippen molar-refractivity contribution in [3.63, 3.8) is 0 Å². The lowest BCUT2D eigenvalue weighted by molar-refractivity contribution is 0.478. The fraction of sp³-hybridized carbons (Fsp3) is 0.444. The first-order valence-corrected chi connectivity index (χ1v) is 5.21. The second-order valence-corrected chi connectivity index (χ2v) is 4.30. The Morgan fingerprint density at radius 1 is 1.50 bits per heavy atom. The van der Waals surface area contributed by atoms with Gasteiger partial charge >= 0.3 is 0 Å². The Hall–Kier alpha value is -0.320. The molecule has 0 bridgehead atoms. The zero-order chi connectivity index (χ0) is 8.55. The third-order valence-electron chi connectivity index (χ3n) is 2.21. The second-order valence-electron chi connectivity index (χ2n) is 3.14. The number of aryl methyl sites for hydroxylation is 1. The van der Waals surface area contributed by atoms with Gasteiger partial charge in [0.05, 0.1) is 15.3 Å². The van der Waals surface area contributed by atoms with Gasteiger partial charge in [0.1, 0.15) is 0 Å². The van der Waals surface area contributed by atoms with Gasteiger partial charge in [-0.25, -0.2) is 0 Å². The van der Waals surface area contributed by atoms with E-state index in [-0.39, 0.29) is 0 Å². The lowest BCUT2D eigenvalue weighted by Gasteiger charge is -2.08. The van der Waals surface area contributed by atoms with Gasteiger partial charge in [0, 0.05) is 6.20 Å². The maximum Gasteiger partial charge on any atom is 0.0727 e. The van der Waals surface area contributed by atoms with Crippen LogP contribution in [-0.2, 0) is 0 Å². The van der Waals surface area contributed by atoms with Crippen molar-refractivity contribution in [1.29, 1.82) is 0 Å². The molecular weight excluding hydrogens is 263 g/mol. The number of rotatable bonds is 1. The van der Waals surface area contributed by atoms with Gasteiger partial charge in [-0.2, -0.15) is 5.10 Å². The van der Waals surface area contributed by atoms with Crippen LogP contribution in [0.3, 0.4) is 0 Å². The summed E-state index contributed by atoms with van der Waals surface area (Å²) in [7, 11) is 0. The second kappa shape index (κ2) is 3.20. The number of aromatic nitrogens is 2. The van der Waals surface area contributed by atoms with Gasteiger partial charge in [0.15, 0.2) is 0 Å². The molecule has 0 aliphatic heterocycles. The first-order chi connectivity index (χ1) is 5.77. The van der Waals surface area contributed by atoms with Crippen molar-refractivity contribution in [2.75, 3.05) is 0 Å². The fourth-order valence-electron chi connectivity index (χ4n) is 1.47. The summed E-state index contributed by atoms with van der Waals surface area (Å²) < 4.78 is 3.36. The van der Waals surface area contributed by atoms with E-state index in [0.717, 1.165) is 18.5 Å². The number of nitrogens with zero attached hydrogens (tertiary/aromatic N) is 2. The first kappa shape index (κ1) is 8.29. The highest BCUT2D eigenvalue weighted by molar-refractivity contribution is 14.1. The quantitative estimate of drug-likeness (QED) is 0.568. The summed E-state index contributed by atoms with van der Waals surface area (Å²) in [5.41, 5.74) is 1.14. The van der Waals surface area contributed by atoms with Gasteiger partial charge < -0.3 is 0 Å². The van der Waals surface area contributed by atoms with Crippen LogP contribution in [-0.4, -0.2) is 9.78 Å². The highest BCUT2D eigenvalue weighted by Crippen LogP contribution is 2.24. The third kappa shape index (κ3) is 1.42. The molecule has 0 fully saturated rings. The summed E-state index contributed by atoms with van der Waals surface area (Å²) in [5, 5.41) is 4.46. The molecule has 0 saturated heterocycles. The van der Waals surface area contributed by atoms with Crippen LogP contribution in [0.2, 0.25) is 0 Å². The summed E-state index contributed by atoms with van der Waals surface area (Å²) in [5.74, 6) is 0. The summed E-state index contributed by atoms with van der Waals surface area (Å²) in [4.78, 5) is 0. The van der Waals surface area contributed by atoms with Crippen molar-refractivity contribution in [2.45, 2.75) is 25.8 Å². The van der Waals surface area contributed by atoms with Crippen LogP contribution in [0.25, 0.3) is 0 Å². The summed E-state index contributed by atoms with van der Waals surface area (Å²) in [6.07, 6.45) is 8.87. The van der Waals surface area contributed by atoms with E-state index >= 15 is 0 Å². The Labute approximate surface area is 85.8 Å². The Bertz CT molecular complexity index is 287. The van der Waals surface area contributed by atoms with Crippen molar-refractivity contribution in [3.8, 4) is 0 Å². The minimum absolute atomic E-state index is 0.576. The summed E-state index contributed by atoms with van der Waals surface area (Å²) in [6.45, 7) is 2.06. The molecule has 2 nitrogen and oxygen atoms in total. The highest BCUT2D eigenvalue weighted by atomic mass is 127. The third-order valence-corrected chi connectivity index (χ3v) is 3.27. The van der Waals surface area contributed by atoms with Gasteiger partial charge in [-0.3, -0.25) is 4.68 Å². The van der Waals surface area contributed by atoms with Gasteiger partial charge in [-0.05, 0) is 42.4 Å². The molecule has 0 radical (unpaired) electrons. The maximum atomic E-state index is 4.46. The lowest BCUT2D eigenvalue weighted by Crippen LogP contribution is -2.05. The molecule has 12 heavy (non-hydrogen) atoms. The predicted octanol–water partition coefficient (Wildman–Crippen LogP) is 2.69. The SMILES string of the molecule is Cc1nn(C2CC=CC2)cc1I. The van der Waals surface area contributed by atoms with Crippen molar-refractivity contribution in [1.82, 2.24) is 9.78 Å². The highest BCUT2D eigenvalue weighted by Gasteiger charge is 2.13. The Kier molecular flexibility index (Phi) is 2.21. The normalized spacial score (nSPS) is 17.5. The molecule has 1 aliphatic carbocycles. The summed E-state index contributed by atoms with van der Waals surface area (Å²) in [6, 6.07) is 0.576. The number of hydrogen-bond donors (Lipinski definition) is 0. The zero-order valence-electron chi connectivity index (χ0n) is 7.00. The molecule has 2 rings (SSSR count). The average Bonchev–Trinajstić information content (AvgIpc) is 2.61. The van der Waals surface area contributed by atoms with Gasteiger partial charge in [-0.1, -0.05) is 12.2 Å². The Morgan fingerprint density at radius 2 is 2.17 bits per heavy atom. The molecule has 0 N–H and O–H groups in total. The molecule has 0 amide bonds. The van der Waals surface area contributed by atoms with Crippen LogP contribution in [0.5, 0.6) is 0 Å². The number of hydrogen-bond acceptors (Lipinski definition) is 1. The molecule has 3 heteroatoms. The molecule has 0 unspecified atom stereocenters. The van der Waals surface area contributed by atoms with E-state index in [4.69, 9.17) is 0 Å². The van der Waals surface area contributed by atoms with E-state index in [1.165, 1.54) is 3.57 Å². The fourth-order valence-corrected chi connectivity index (χ4v) is 1.86. The minimum Gasteiger partial charge on any atom is -0.268 e. The monoisotopic (exact) mass is 274 g/mol. The first-order valence-electron chi connectivity index (χ1n) is 4.13. The molecule has 64 valence electrons. The van der Waals surface area contributed by atoms with E-state index in [9.17, 15) is 0 Å². The van der Waals surface area contributed by atoms with Crippen LogP contribution in [0, 0.1) is 10.5 Å². The van der Waals surface area contributed by atoms with E-state index in [1.807, 2.05) is 0 Å². The molecule has 0 aromatic carbocycles. The maximum absolute atomic E-state index is 4.46. The predicted molar refractivity (Wildman–Crippen MR) is 57.1 cm³/mol. The largest absolute Gasteiger partial charge is 0.268 e. The molecule has 1 aliphatic rings. The molecule has 1 aromatic rings. The molecular formula is C9H11IN2. The van der Waals surface area contributed by atoms with E-state index in [1.54, 1.807) is 0 Å². The van der Waals surface area contributed by atoms with Crippen LogP contribution in [0.4, 0.5) is 0 Å². The van der Waals surface area contributed by atoms with E-state index < -0.39 is 0 Å². The van der Waals surface area contributed by atoms with Crippen LogP contribution in [0.15, 0.2) is 18.3 Å². The molecule has 0 atom stereocenters. The minimum atomic E-state index is 0.576. The smallest absolute Gasteiger partial charge is 0.0727 e. The van der Waals surface area contributed by atoms with Crippen LogP contribution < -0.4 is 0 Å². The molecule has 0 saturated carbocycles. The Morgan fingerprint density at radius 3 is 2.67 bits per heavy atom. The Balaban J connectivity index is 2.23.